The molecule has 2 nitrogen and oxygen atoms in total. The van der Waals surface area contributed by atoms with Crippen LogP contribution in [-0.2, 0) is 0 Å². The predicted molar refractivity (Wildman–Crippen MR) is 95.4 cm³/mol. The summed E-state index contributed by atoms with van der Waals surface area (Å²) in [6, 6.07) is 24.3. The fourth-order valence-corrected chi connectivity index (χ4v) is 2.97. The molecule has 1 aromatic heterocycles. The van der Waals surface area contributed by atoms with Crippen molar-refractivity contribution in [3.05, 3.63) is 84.1 Å². The summed E-state index contributed by atoms with van der Waals surface area (Å²) in [4.78, 5) is 9.11. The maximum Gasteiger partial charge on any atom is 0.156 e. The van der Waals surface area contributed by atoms with Crippen LogP contribution in [0.5, 0.6) is 0 Å². The van der Waals surface area contributed by atoms with Gasteiger partial charge in [-0.2, -0.15) is 0 Å². The monoisotopic (exact) mass is 316 g/mol. The summed E-state index contributed by atoms with van der Waals surface area (Å²) in [6.45, 7) is 0. The summed E-state index contributed by atoms with van der Waals surface area (Å²) in [6.07, 6.45) is 1.78. The Hall–Kier alpha value is -2.71. The Kier molecular flexibility index (Phi) is 3.52. The topological polar surface area (TPSA) is 25.8 Å². The molecule has 4 rings (SSSR count). The maximum absolute atomic E-state index is 6.44. The minimum absolute atomic E-state index is 0.419. The molecule has 1 heterocycles. The van der Waals surface area contributed by atoms with Gasteiger partial charge in [0.25, 0.3) is 0 Å². The van der Waals surface area contributed by atoms with Crippen LogP contribution in [0.15, 0.2) is 79.0 Å². The van der Waals surface area contributed by atoms with E-state index in [9.17, 15) is 0 Å². The van der Waals surface area contributed by atoms with Gasteiger partial charge in [0.15, 0.2) is 5.15 Å². The lowest BCUT2D eigenvalue weighted by atomic mass is 10.0. The fraction of sp³-hybridized carbons (Fsp3) is 0. The summed E-state index contributed by atoms with van der Waals surface area (Å²) in [5, 5.41) is 2.70. The molecule has 0 aliphatic carbocycles. The Bertz CT molecular complexity index is 976. The lowest BCUT2D eigenvalue weighted by Gasteiger charge is -2.09. The third kappa shape index (κ3) is 2.58. The van der Waals surface area contributed by atoms with Gasteiger partial charge in [-0.15, -0.1) is 0 Å². The predicted octanol–water partition coefficient (Wildman–Crippen LogP) is 5.62. The molecule has 0 N–H and O–H groups in total. The molecule has 0 radical (unpaired) electrons. The molecule has 0 spiro atoms. The van der Waals surface area contributed by atoms with Crippen LogP contribution in [0.25, 0.3) is 33.3 Å². The number of fused-ring (bicyclic) bond motifs is 1. The van der Waals surface area contributed by atoms with E-state index in [2.05, 4.69) is 28.2 Å². The Labute approximate surface area is 139 Å². The number of aromatic nitrogens is 2. The molecular formula is C20H13ClN2. The molecular weight excluding hydrogens is 304 g/mol. The number of benzene rings is 3. The van der Waals surface area contributed by atoms with Gasteiger partial charge in [-0.1, -0.05) is 84.4 Å². The van der Waals surface area contributed by atoms with Crippen molar-refractivity contribution in [3.63, 3.8) is 0 Å². The molecule has 0 fully saturated rings. The SMILES string of the molecule is Clc1nc(-c2ccccc2)cnc1-c1cccc2ccccc12. The van der Waals surface area contributed by atoms with Crippen molar-refractivity contribution < 1.29 is 0 Å². The molecule has 0 aliphatic heterocycles. The van der Waals surface area contributed by atoms with Crippen LogP contribution in [0, 0.1) is 0 Å². The van der Waals surface area contributed by atoms with Crippen LogP contribution in [0.2, 0.25) is 5.15 Å². The van der Waals surface area contributed by atoms with Crippen molar-refractivity contribution in [2.24, 2.45) is 0 Å². The van der Waals surface area contributed by atoms with E-state index in [0.29, 0.717) is 10.8 Å². The van der Waals surface area contributed by atoms with E-state index in [1.807, 2.05) is 54.6 Å². The molecule has 0 atom stereocenters. The van der Waals surface area contributed by atoms with E-state index in [-0.39, 0.29) is 0 Å². The molecule has 0 bridgehead atoms. The number of nitrogens with zero attached hydrogens (tertiary/aromatic N) is 2. The van der Waals surface area contributed by atoms with Gasteiger partial charge in [0.1, 0.15) is 5.69 Å². The zero-order valence-corrected chi connectivity index (χ0v) is 13.0. The first-order chi connectivity index (χ1) is 11.3. The molecule has 0 amide bonds. The number of rotatable bonds is 2. The Morgan fingerprint density at radius 1 is 0.739 bits per heavy atom. The zero-order chi connectivity index (χ0) is 15.6. The van der Waals surface area contributed by atoms with E-state index in [4.69, 9.17) is 11.6 Å². The Morgan fingerprint density at radius 3 is 2.30 bits per heavy atom. The van der Waals surface area contributed by atoms with Crippen molar-refractivity contribution in [3.8, 4) is 22.5 Å². The molecule has 0 saturated heterocycles. The first-order valence-electron chi connectivity index (χ1n) is 7.39. The highest BCUT2D eigenvalue weighted by atomic mass is 35.5. The molecule has 0 saturated carbocycles. The van der Waals surface area contributed by atoms with Crippen LogP contribution in [0.1, 0.15) is 0 Å². The number of halogens is 1. The van der Waals surface area contributed by atoms with Crippen molar-refractivity contribution in [1.82, 2.24) is 9.97 Å². The van der Waals surface area contributed by atoms with Gasteiger partial charge in [0.05, 0.1) is 11.9 Å². The van der Waals surface area contributed by atoms with Gasteiger partial charge in [0, 0.05) is 11.1 Å². The van der Waals surface area contributed by atoms with Crippen LogP contribution >= 0.6 is 11.6 Å². The van der Waals surface area contributed by atoms with Gasteiger partial charge < -0.3 is 0 Å². The van der Waals surface area contributed by atoms with Crippen LogP contribution < -0.4 is 0 Å². The zero-order valence-electron chi connectivity index (χ0n) is 12.3. The van der Waals surface area contributed by atoms with Gasteiger partial charge in [-0.05, 0) is 10.8 Å². The second kappa shape index (κ2) is 5.82. The third-order valence-corrected chi connectivity index (χ3v) is 4.11. The second-order valence-electron chi connectivity index (χ2n) is 5.29. The normalized spacial score (nSPS) is 10.8. The summed E-state index contributed by atoms with van der Waals surface area (Å²) in [7, 11) is 0. The lowest BCUT2D eigenvalue weighted by molar-refractivity contribution is 1.21. The van der Waals surface area contributed by atoms with Crippen LogP contribution in [0.3, 0.4) is 0 Å². The summed E-state index contributed by atoms with van der Waals surface area (Å²) < 4.78 is 0. The van der Waals surface area contributed by atoms with E-state index in [1.165, 1.54) is 0 Å². The minimum atomic E-state index is 0.419. The maximum atomic E-state index is 6.44. The second-order valence-corrected chi connectivity index (χ2v) is 5.65. The van der Waals surface area contributed by atoms with Crippen LogP contribution in [-0.4, -0.2) is 9.97 Å². The van der Waals surface area contributed by atoms with Crippen molar-refractivity contribution in [2.75, 3.05) is 0 Å². The highest BCUT2D eigenvalue weighted by molar-refractivity contribution is 6.32. The van der Waals surface area contributed by atoms with E-state index in [1.54, 1.807) is 6.20 Å². The highest BCUT2D eigenvalue weighted by Crippen LogP contribution is 2.32. The average Bonchev–Trinajstić information content (AvgIpc) is 2.62. The molecule has 23 heavy (non-hydrogen) atoms. The molecule has 0 unspecified atom stereocenters. The number of hydrogen-bond acceptors (Lipinski definition) is 2. The molecule has 0 aliphatic rings. The smallest absolute Gasteiger partial charge is 0.156 e. The fourth-order valence-electron chi connectivity index (χ4n) is 2.73. The highest BCUT2D eigenvalue weighted by Gasteiger charge is 2.11. The summed E-state index contributed by atoms with van der Waals surface area (Å²) in [5.74, 6) is 0. The molecule has 3 heteroatoms. The number of hydrogen-bond donors (Lipinski definition) is 0. The molecule has 3 aromatic carbocycles. The third-order valence-electron chi connectivity index (χ3n) is 3.84. The average molecular weight is 317 g/mol. The Morgan fingerprint density at radius 2 is 1.48 bits per heavy atom. The van der Waals surface area contributed by atoms with Crippen molar-refractivity contribution >= 4 is 22.4 Å². The van der Waals surface area contributed by atoms with Crippen LogP contribution in [0.4, 0.5) is 0 Å². The molecule has 110 valence electrons. The van der Waals surface area contributed by atoms with Crippen molar-refractivity contribution in [2.45, 2.75) is 0 Å². The van der Waals surface area contributed by atoms with Gasteiger partial charge in [-0.25, -0.2) is 4.98 Å². The first kappa shape index (κ1) is 13.9. The molecule has 4 aromatic rings. The lowest BCUT2D eigenvalue weighted by Crippen LogP contribution is -1.92. The van der Waals surface area contributed by atoms with Gasteiger partial charge >= 0.3 is 0 Å². The largest absolute Gasteiger partial charge is 0.251 e. The summed E-state index contributed by atoms with van der Waals surface area (Å²) >= 11 is 6.44. The van der Waals surface area contributed by atoms with E-state index in [0.717, 1.165) is 27.6 Å². The van der Waals surface area contributed by atoms with Gasteiger partial charge in [0.2, 0.25) is 0 Å². The van der Waals surface area contributed by atoms with Crippen molar-refractivity contribution in [1.29, 1.82) is 0 Å². The van der Waals surface area contributed by atoms with E-state index >= 15 is 0 Å². The first-order valence-corrected chi connectivity index (χ1v) is 7.77. The van der Waals surface area contributed by atoms with E-state index < -0.39 is 0 Å². The summed E-state index contributed by atoms with van der Waals surface area (Å²) in [5.41, 5.74) is 3.49. The Balaban J connectivity index is 1.87. The standard InChI is InChI=1S/C20H13ClN2/c21-20-19(17-12-6-10-14-7-4-5-11-16(14)17)22-13-18(23-20)15-8-2-1-3-9-15/h1-13H. The minimum Gasteiger partial charge on any atom is -0.251 e. The van der Waals surface area contributed by atoms with Gasteiger partial charge in [-0.3, -0.25) is 4.98 Å². The quantitative estimate of drug-likeness (QED) is 0.480.